The zero-order valence-electron chi connectivity index (χ0n) is 14.7. The number of hydrogen-bond acceptors (Lipinski definition) is 4. The van der Waals surface area contributed by atoms with Crippen molar-refractivity contribution in [2.24, 2.45) is 11.8 Å². The molecule has 0 radical (unpaired) electrons. The van der Waals surface area contributed by atoms with Gasteiger partial charge in [0.05, 0.1) is 5.92 Å². The molecule has 0 unspecified atom stereocenters. The van der Waals surface area contributed by atoms with Gasteiger partial charge in [-0.2, -0.15) is 0 Å². The van der Waals surface area contributed by atoms with Crippen molar-refractivity contribution in [2.45, 2.75) is 52.1 Å². The minimum atomic E-state index is -0.435. The Morgan fingerprint density at radius 3 is 2.29 bits per heavy atom. The van der Waals surface area contributed by atoms with Gasteiger partial charge in [-0.25, -0.2) is 4.79 Å². The lowest BCUT2D eigenvalue weighted by atomic mass is 9.82. The highest BCUT2D eigenvalue weighted by Gasteiger charge is 2.30. The lowest BCUT2D eigenvalue weighted by molar-refractivity contribution is -0.161. The molecular formula is C19H27NO4. The number of para-hydroxylation sites is 1. The number of carbonyl (C=O) groups excluding carboxylic acids is 2. The van der Waals surface area contributed by atoms with Crippen molar-refractivity contribution in [3.63, 3.8) is 0 Å². The number of esters is 1. The zero-order chi connectivity index (χ0) is 17.6. The summed E-state index contributed by atoms with van der Waals surface area (Å²) in [4.78, 5) is 23.9. The fraction of sp³-hybridized carbons (Fsp3) is 0.579. The predicted octanol–water partition coefficient (Wildman–Crippen LogP) is 3.92. The number of amides is 1. The summed E-state index contributed by atoms with van der Waals surface area (Å²) in [6.07, 6.45) is 3.02. The van der Waals surface area contributed by atoms with Crippen molar-refractivity contribution in [1.82, 2.24) is 5.32 Å². The molecule has 0 aliphatic heterocycles. The van der Waals surface area contributed by atoms with Gasteiger partial charge >= 0.3 is 12.1 Å². The summed E-state index contributed by atoms with van der Waals surface area (Å²) in [6, 6.07) is 8.99. The third-order valence-corrected chi connectivity index (χ3v) is 4.08. The van der Waals surface area contributed by atoms with Crippen LogP contribution < -0.4 is 10.1 Å². The summed E-state index contributed by atoms with van der Waals surface area (Å²) in [5, 5.41) is 2.81. The molecule has 0 spiro atoms. The standard InChI is InChI=1S/C19H27NO4/c1-19(2,3)24-17(21)15-11-9-14(10-12-15)13-20-18(22)23-16-7-5-4-6-8-16/h4-8,14-15H,9-13H2,1-3H3,(H,20,22). The van der Waals surface area contributed by atoms with Crippen LogP contribution in [-0.2, 0) is 9.53 Å². The van der Waals surface area contributed by atoms with Crippen molar-refractivity contribution in [3.05, 3.63) is 30.3 Å². The van der Waals surface area contributed by atoms with E-state index in [-0.39, 0.29) is 11.9 Å². The van der Waals surface area contributed by atoms with Crippen LogP contribution in [0.15, 0.2) is 30.3 Å². The molecule has 132 valence electrons. The van der Waals surface area contributed by atoms with Crippen LogP contribution in [0.4, 0.5) is 4.79 Å². The van der Waals surface area contributed by atoms with E-state index in [4.69, 9.17) is 9.47 Å². The van der Waals surface area contributed by atoms with Crippen molar-refractivity contribution < 1.29 is 19.1 Å². The summed E-state index contributed by atoms with van der Waals surface area (Å²) in [5.41, 5.74) is -0.434. The van der Waals surface area contributed by atoms with Gasteiger partial charge in [-0.05, 0) is 64.5 Å². The molecule has 1 aliphatic carbocycles. The Kier molecular flexibility index (Phi) is 6.23. The van der Waals surface area contributed by atoms with Crippen LogP contribution in [0, 0.1) is 11.8 Å². The SMILES string of the molecule is CC(C)(C)OC(=O)C1CCC(CNC(=O)Oc2ccccc2)CC1. The second kappa shape index (κ2) is 8.18. The third-order valence-electron chi connectivity index (χ3n) is 4.08. The zero-order valence-corrected chi connectivity index (χ0v) is 14.7. The average Bonchev–Trinajstić information content (AvgIpc) is 2.53. The number of carbonyl (C=O) groups is 2. The van der Waals surface area contributed by atoms with Gasteiger partial charge in [0.1, 0.15) is 11.4 Å². The molecule has 5 heteroatoms. The maximum Gasteiger partial charge on any atom is 0.412 e. The molecule has 1 amide bonds. The Balaban J connectivity index is 1.68. The molecule has 0 aromatic heterocycles. The van der Waals surface area contributed by atoms with Gasteiger partial charge in [-0.3, -0.25) is 4.79 Å². The smallest absolute Gasteiger partial charge is 0.412 e. The molecule has 1 saturated carbocycles. The molecule has 0 atom stereocenters. The van der Waals surface area contributed by atoms with Crippen LogP contribution in [0.2, 0.25) is 0 Å². The van der Waals surface area contributed by atoms with Crippen LogP contribution in [-0.4, -0.2) is 24.2 Å². The van der Waals surface area contributed by atoms with E-state index in [1.54, 1.807) is 12.1 Å². The van der Waals surface area contributed by atoms with Crippen molar-refractivity contribution >= 4 is 12.1 Å². The van der Waals surface area contributed by atoms with E-state index in [1.165, 1.54) is 0 Å². The molecule has 0 heterocycles. The summed E-state index contributed by atoms with van der Waals surface area (Å²) in [7, 11) is 0. The quantitative estimate of drug-likeness (QED) is 0.848. The molecule has 1 fully saturated rings. The van der Waals surface area contributed by atoms with E-state index in [2.05, 4.69) is 5.32 Å². The fourth-order valence-electron chi connectivity index (χ4n) is 2.85. The van der Waals surface area contributed by atoms with Crippen molar-refractivity contribution in [1.29, 1.82) is 0 Å². The Morgan fingerprint density at radius 1 is 1.08 bits per heavy atom. The molecule has 1 aromatic carbocycles. The number of rotatable bonds is 4. The van der Waals surface area contributed by atoms with Gasteiger partial charge in [0.2, 0.25) is 0 Å². The monoisotopic (exact) mass is 333 g/mol. The summed E-state index contributed by atoms with van der Waals surface area (Å²) < 4.78 is 10.6. The normalized spacial score (nSPS) is 21.0. The second-order valence-corrected chi connectivity index (χ2v) is 7.33. The second-order valence-electron chi connectivity index (χ2n) is 7.33. The molecule has 24 heavy (non-hydrogen) atoms. The molecule has 5 nitrogen and oxygen atoms in total. The van der Waals surface area contributed by atoms with Gasteiger partial charge in [0.25, 0.3) is 0 Å². The van der Waals surface area contributed by atoms with Crippen LogP contribution in [0.1, 0.15) is 46.5 Å². The highest BCUT2D eigenvalue weighted by molar-refractivity contribution is 5.73. The highest BCUT2D eigenvalue weighted by Crippen LogP contribution is 2.30. The maximum absolute atomic E-state index is 12.1. The molecule has 1 N–H and O–H groups in total. The van der Waals surface area contributed by atoms with Crippen LogP contribution >= 0.6 is 0 Å². The van der Waals surface area contributed by atoms with Gasteiger partial charge in [0, 0.05) is 6.54 Å². The van der Waals surface area contributed by atoms with Gasteiger partial charge in [-0.15, -0.1) is 0 Å². The van der Waals surface area contributed by atoms with Crippen molar-refractivity contribution in [2.75, 3.05) is 6.54 Å². The molecule has 0 bridgehead atoms. The fourth-order valence-corrected chi connectivity index (χ4v) is 2.85. The van der Waals surface area contributed by atoms with Gasteiger partial charge in [-0.1, -0.05) is 18.2 Å². The Morgan fingerprint density at radius 2 is 1.71 bits per heavy atom. The van der Waals surface area contributed by atoms with E-state index in [0.717, 1.165) is 25.7 Å². The molecular weight excluding hydrogens is 306 g/mol. The third kappa shape index (κ3) is 6.22. The minimum absolute atomic E-state index is 0.0169. The molecule has 2 rings (SSSR count). The molecule has 1 aliphatic rings. The summed E-state index contributed by atoms with van der Waals surface area (Å²) >= 11 is 0. The first-order valence-electron chi connectivity index (χ1n) is 8.57. The topological polar surface area (TPSA) is 64.6 Å². The number of hydrogen-bond donors (Lipinski definition) is 1. The van der Waals surface area contributed by atoms with Crippen LogP contribution in [0.3, 0.4) is 0 Å². The average molecular weight is 333 g/mol. The van der Waals surface area contributed by atoms with E-state index in [9.17, 15) is 9.59 Å². The van der Waals surface area contributed by atoms with Crippen LogP contribution in [0.5, 0.6) is 5.75 Å². The summed E-state index contributed by atoms with van der Waals surface area (Å²) in [6.45, 7) is 6.24. The largest absolute Gasteiger partial charge is 0.460 e. The first-order valence-corrected chi connectivity index (χ1v) is 8.57. The molecule has 0 saturated heterocycles. The first-order chi connectivity index (χ1) is 11.3. The number of benzene rings is 1. The van der Waals surface area contributed by atoms with Crippen molar-refractivity contribution in [3.8, 4) is 5.75 Å². The predicted molar refractivity (Wildman–Crippen MR) is 91.8 cm³/mol. The first kappa shape index (κ1) is 18.3. The molecule has 1 aromatic rings. The minimum Gasteiger partial charge on any atom is -0.460 e. The Bertz CT molecular complexity index is 542. The maximum atomic E-state index is 12.1. The van der Waals surface area contributed by atoms with Crippen LogP contribution in [0.25, 0.3) is 0 Å². The van der Waals surface area contributed by atoms with Gasteiger partial charge in [0.15, 0.2) is 0 Å². The van der Waals surface area contributed by atoms with E-state index < -0.39 is 11.7 Å². The summed E-state index contributed by atoms with van der Waals surface area (Å²) in [5.74, 6) is 0.796. The van der Waals surface area contributed by atoms with Gasteiger partial charge < -0.3 is 14.8 Å². The van der Waals surface area contributed by atoms with E-state index >= 15 is 0 Å². The lowest BCUT2D eigenvalue weighted by Crippen LogP contribution is -2.35. The lowest BCUT2D eigenvalue weighted by Gasteiger charge is -2.29. The Hall–Kier alpha value is -2.04. The van der Waals surface area contributed by atoms with E-state index in [1.807, 2.05) is 39.0 Å². The van der Waals surface area contributed by atoms with E-state index in [0.29, 0.717) is 18.2 Å². The number of nitrogens with one attached hydrogen (secondary N) is 1. The highest BCUT2D eigenvalue weighted by atomic mass is 16.6. The number of ether oxygens (including phenoxy) is 2. The Labute approximate surface area is 143 Å².